The van der Waals surface area contributed by atoms with E-state index in [4.69, 9.17) is 22.1 Å². The molecular weight excluding hydrogens is 236 g/mol. The Labute approximate surface area is 109 Å². The number of nitrogens with two attached hydrogens (primary N) is 1. The molecule has 2 N–H and O–H groups in total. The summed E-state index contributed by atoms with van der Waals surface area (Å²) in [7, 11) is 2.07. The van der Waals surface area contributed by atoms with E-state index in [0.29, 0.717) is 19.8 Å². The highest BCUT2D eigenvalue weighted by molar-refractivity contribution is 6.31. The minimum atomic E-state index is 0.283. The number of hydrogen-bond acceptors (Lipinski definition) is 3. The lowest BCUT2D eigenvalue weighted by Gasteiger charge is -2.25. The first-order valence-electron chi connectivity index (χ1n) is 5.89. The smallest absolute Gasteiger partial charge is 0.0594 e. The van der Waals surface area contributed by atoms with E-state index < -0.39 is 0 Å². The van der Waals surface area contributed by atoms with Crippen LogP contribution < -0.4 is 5.73 Å². The molecule has 3 nitrogen and oxygen atoms in total. The summed E-state index contributed by atoms with van der Waals surface area (Å²) in [5.74, 6) is 0. The molecule has 0 aromatic heterocycles. The Balaban J connectivity index is 2.46. The zero-order valence-corrected chi connectivity index (χ0v) is 11.3. The van der Waals surface area contributed by atoms with Gasteiger partial charge in [-0.05, 0) is 25.6 Å². The van der Waals surface area contributed by atoms with Crippen LogP contribution >= 0.6 is 11.6 Å². The van der Waals surface area contributed by atoms with Gasteiger partial charge in [0.1, 0.15) is 0 Å². The molecule has 1 aromatic carbocycles. The van der Waals surface area contributed by atoms with Crippen LogP contribution in [0.3, 0.4) is 0 Å². The third-order valence-corrected chi connectivity index (χ3v) is 3.21. The van der Waals surface area contributed by atoms with Crippen molar-refractivity contribution < 1.29 is 4.74 Å². The summed E-state index contributed by atoms with van der Waals surface area (Å²) in [5.41, 5.74) is 6.51. The number of hydrogen-bond donors (Lipinski definition) is 1. The molecule has 17 heavy (non-hydrogen) atoms. The van der Waals surface area contributed by atoms with Gasteiger partial charge in [-0.1, -0.05) is 29.8 Å². The molecule has 0 aliphatic heterocycles. The number of nitrogens with zero attached hydrogens (tertiary/aromatic N) is 1. The van der Waals surface area contributed by atoms with Crippen molar-refractivity contribution in [3.8, 4) is 0 Å². The van der Waals surface area contributed by atoms with Crippen molar-refractivity contribution >= 4 is 11.6 Å². The quantitative estimate of drug-likeness (QED) is 0.761. The van der Waals surface area contributed by atoms with Gasteiger partial charge < -0.3 is 10.5 Å². The second-order valence-corrected chi connectivity index (χ2v) is 4.49. The van der Waals surface area contributed by atoms with E-state index in [1.807, 2.05) is 18.2 Å². The highest BCUT2D eigenvalue weighted by Gasteiger charge is 2.13. The maximum atomic E-state index is 6.17. The third kappa shape index (κ3) is 4.64. The van der Waals surface area contributed by atoms with E-state index in [9.17, 15) is 0 Å². The standard InChI is InChI=1S/C13H21ClN2O/c1-11(12-5-3-4-6-13(12)14)16(2)8-10-17-9-7-15/h3-6,11H,7-10,15H2,1-2H3. The van der Waals surface area contributed by atoms with E-state index in [2.05, 4.69) is 24.9 Å². The first-order chi connectivity index (χ1) is 8.16. The van der Waals surface area contributed by atoms with Crippen molar-refractivity contribution in [1.29, 1.82) is 0 Å². The van der Waals surface area contributed by atoms with E-state index in [0.717, 1.165) is 17.1 Å². The molecule has 0 heterocycles. The fourth-order valence-corrected chi connectivity index (χ4v) is 1.93. The van der Waals surface area contributed by atoms with Gasteiger partial charge in [-0.25, -0.2) is 0 Å². The molecular formula is C13H21ClN2O. The molecule has 0 spiro atoms. The van der Waals surface area contributed by atoms with Crippen molar-refractivity contribution in [2.24, 2.45) is 5.73 Å². The maximum absolute atomic E-state index is 6.17. The zero-order valence-electron chi connectivity index (χ0n) is 10.5. The lowest BCUT2D eigenvalue weighted by molar-refractivity contribution is 0.106. The molecule has 0 amide bonds. The van der Waals surface area contributed by atoms with E-state index in [1.165, 1.54) is 0 Å². The molecule has 1 rings (SSSR count). The summed E-state index contributed by atoms with van der Waals surface area (Å²) in [4.78, 5) is 2.22. The number of benzene rings is 1. The molecule has 0 saturated carbocycles. The van der Waals surface area contributed by atoms with Crippen LogP contribution in [0.1, 0.15) is 18.5 Å². The van der Waals surface area contributed by atoms with Crippen LogP contribution in [0.5, 0.6) is 0 Å². The Morgan fingerprint density at radius 1 is 1.35 bits per heavy atom. The van der Waals surface area contributed by atoms with Crippen LogP contribution in [0.25, 0.3) is 0 Å². The highest BCUT2D eigenvalue weighted by Crippen LogP contribution is 2.25. The van der Waals surface area contributed by atoms with E-state index >= 15 is 0 Å². The molecule has 0 aliphatic carbocycles. The fourth-order valence-electron chi connectivity index (χ4n) is 1.64. The van der Waals surface area contributed by atoms with Crippen molar-refractivity contribution in [3.63, 3.8) is 0 Å². The Morgan fingerprint density at radius 2 is 2.06 bits per heavy atom. The van der Waals surface area contributed by atoms with Crippen molar-refractivity contribution in [2.45, 2.75) is 13.0 Å². The average molecular weight is 257 g/mol. The highest BCUT2D eigenvalue weighted by atomic mass is 35.5. The minimum absolute atomic E-state index is 0.283. The molecule has 96 valence electrons. The lowest BCUT2D eigenvalue weighted by atomic mass is 10.1. The van der Waals surface area contributed by atoms with E-state index in [-0.39, 0.29) is 6.04 Å². The van der Waals surface area contributed by atoms with Gasteiger partial charge in [0.2, 0.25) is 0 Å². The van der Waals surface area contributed by atoms with Gasteiger partial charge in [0, 0.05) is 24.2 Å². The van der Waals surface area contributed by atoms with Crippen molar-refractivity contribution in [2.75, 3.05) is 33.4 Å². The van der Waals surface area contributed by atoms with Gasteiger partial charge in [0.25, 0.3) is 0 Å². The predicted molar refractivity (Wildman–Crippen MR) is 72.4 cm³/mol. The summed E-state index contributed by atoms with van der Waals surface area (Å²) >= 11 is 6.17. The summed E-state index contributed by atoms with van der Waals surface area (Å²) < 4.78 is 5.37. The molecule has 0 fully saturated rings. The fraction of sp³-hybridized carbons (Fsp3) is 0.538. The van der Waals surface area contributed by atoms with Gasteiger partial charge in [-0.3, -0.25) is 4.90 Å². The van der Waals surface area contributed by atoms with E-state index in [1.54, 1.807) is 0 Å². The summed E-state index contributed by atoms with van der Waals surface area (Å²) in [6, 6.07) is 8.22. The van der Waals surface area contributed by atoms with Crippen LogP contribution in [-0.2, 0) is 4.74 Å². The molecule has 1 aromatic rings. The van der Waals surface area contributed by atoms with Gasteiger partial charge in [-0.15, -0.1) is 0 Å². The Kier molecular flexibility index (Phi) is 6.52. The molecule has 0 saturated heterocycles. The van der Waals surface area contributed by atoms with Crippen LogP contribution in [0.4, 0.5) is 0 Å². The number of ether oxygens (including phenoxy) is 1. The molecule has 0 radical (unpaired) electrons. The third-order valence-electron chi connectivity index (χ3n) is 2.87. The Hall–Kier alpha value is -0.610. The normalized spacial score (nSPS) is 13.0. The monoisotopic (exact) mass is 256 g/mol. The molecule has 1 unspecified atom stereocenters. The number of halogens is 1. The lowest BCUT2D eigenvalue weighted by Crippen LogP contribution is -2.27. The van der Waals surface area contributed by atoms with Crippen LogP contribution in [-0.4, -0.2) is 38.3 Å². The molecule has 0 aliphatic rings. The SMILES string of the molecule is CC(c1ccccc1Cl)N(C)CCOCCN. The van der Waals surface area contributed by atoms with Gasteiger partial charge in [0.05, 0.1) is 13.2 Å². The second kappa shape index (κ2) is 7.67. The van der Waals surface area contributed by atoms with Gasteiger partial charge in [-0.2, -0.15) is 0 Å². The van der Waals surface area contributed by atoms with Crippen molar-refractivity contribution in [1.82, 2.24) is 4.90 Å². The Morgan fingerprint density at radius 3 is 2.71 bits per heavy atom. The van der Waals surface area contributed by atoms with Crippen LogP contribution in [0, 0.1) is 0 Å². The largest absolute Gasteiger partial charge is 0.379 e. The maximum Gasteiger partial charge on any atom is 0.0594 e. The first-order valence-corrected chi connectivity index (χ1v) is 6.27. The van der Waals surface area contributed by atoms with Gasteiger partial charge >= 0.3 is 0 Å². The molecule has 4 heteroatoms. The van der Waals surface area contributed by atoms with Crippen LogP contribution in [0.15, 0.2) is 24.3 Å². The second-order valence-electron chi connectivity index (χ2n) is 4.08. The Bertz CT molecular complexity index is 333. The molecule has 0 bridgehead atoms. The van der Waals surface area contributed by atoms with Gasteiger partial charge in [0.15, 0.2) is 0 Å². The number of likely N-dealkylation sites (N-methyl/N-ethyl adjacent to an activating group) is 1. The average Bonchev–Trinajstić information content (AvgIpc) is 2.34. The summed E-state index contributed by atoms with van der Waals surface area (Å²) in [6.07, 6.45) is 0. The number of rotatable bonds is 7. The summed E-state index contributed by atoms with van der Waals surface area (Å²) in [5, 5.41) is 0.815. The van der Waals surface area contributed by atoms with Crippen LogP contribution in [0.2, 0.25) is 5.02 Å². The van der Waals surface area contributed by atoms with Crippen molar-refractivity contribution in [3.05, 3.63) is 34.9 Å². The molecule has 1 atom stereocenters. The summed E-state index contributed by atoms with van der Waals surface area (Å²) in [6.45, 7) is 4.90. The predicted octanol–water partition coefficient (Wildman–Crippen LogP) is 2.31. The minimum Gasteiger partial charge on any atom is -0.379 e. The topological polar surface area (TPSA) is 38.5 Å². The first kappa shape index (κ1) is 14.5. The zero-order chi connectivity index (χ0) is 12.7.